The SMILES string of the molecule is CCCC(N)CC(=O)OCCOC. The van der Waals surface area contributed by atoms with Crippen molar-refractivity contribution in [3.8, 4) is 0 Å². The Morgan fingerprint density at radius 1 is 1.46 bits per heavy atom. The van der Waals surface area contributed by atoms with Crippen molar-refractivity contribution in [2.75, 3.05) is 20.3 Å². The molecule has 0 saturated carbocycles. The van der Waals surface area contributed by atoms with Gasteiger partial charge >= 0.3 is 5.97 Å². The van der Waals surface area contributed by atoms with Crippen LogP contribution in [-0.4, -0.2) is 32.3 Å². The van der Waals surface area contributed by atoms with Gasteiger partial charge < -0.3 is 15.2 Å². The second-order valence-electron chi connectivity index (χ2n) is 2.97. The van der Waals surface area contributed by atoms with E-state index in [-0.39, 0.29) is 12.0 Å². The Kier molecular flexibility index (Phi) is 7.63. The minimum Gasteiger partial charge on any atom is -0.463 e. The summed E-state index contributed by atoms with van der Waals surface area (Å²) in [5.74, 6) is -0.238. The van der Waals surface area contributed by atoms with Gasteiger partial charge in [-0.05, 0) is 6.42 Å². The molecule has 4 heteroatoms. The smallest absolute Gasteiger partial charge is 0.307 e. The number of methoxy groups -OCH3 is 1. The molecule has 0 aliphatic carbocycles. The summed E-state index contributed by atoms with van der Waals surface area (Å²) in [6, 6.07) is -0.0694. The third-order valence-corrected chi connectivity index (χ3v) is 1.64. The predicted molar refractivity (Wildman–Crippen MR) is 50.3 cm³/mol. The highest BCUT2D eigenvalue weighted by molar-refractivity contribution is 5.70. The van der Waals surface area contributed by atoms with Gasteiger partial charge in [-0.1, -0.05) is 13.3 Å². The minimum atomic E-state index is -0.238. The fourth-order valence-corrected chi connectivity index (χ4v) is 0.985. The summed E-state index contributed by atoms with van der Waals surface area (Å²) >= 11 is 0. The van der Waals surface area contributed by atoms with Crippen molar-refractivity contribution in [1.29, 1.82) is 0 Å². The molecule has 4 nitrogen and oxygen atoms in total. The Morgan fingerprint density at radius 3 is 2.69 bits per heavy atom. The van der Waals surface area contributed by atoms with Gasteiger partial charge in [-0.15, -0.1) is 0 Å². The number of nitrogens with two attached hydrogens (primary N) is 1. The molecule has 0 saturated heterocycles. The van der Waals surface area contributed by atoms with Crippen LogP contribution in [0.2, 0.25) is 0 Å². The number of hydrogen-bond acceptors (Lipinski definition) is 4. The molecular formula is C9H19NO3. The number of rotatable bonds is 7. The van der Waals surface area contributed by atoms with Crippen molar-refractivity contribution < 1.29 is 14.3 Å². The van der Waals surface area contributed by atoms with E-state index < -0.39 is 0 Å². The lowest BCUT2D eigenvalue weighted by Crippen LogP contribution is -2.25. The van der Waals surface area contributed by atoms with Gasteiger partial charge in [-0.25, -0.2) is 0 Å². The van der Waals surface area contributed by atoms with Crippen molar-refractivity contribution in [1.82, 2.24) is 0 Å². The van der Waals surface area contributed by atoms with Crippen molar-refractivity contribution in [2.45, 2.75) is 32.2 Å². The lowest BCUT2D eigenvalue weighted by molar-refractivity contribution is -0.145. The molecule has 0 aromatic carbocycles. The summed E-state index contributed by atoms with van der Waals surface area (Å²) in [6.07, 6.45) is 2.16. The van der Waals surface area contributed by atoms with Crippen LogP contribution < -0.4 is 5.73 Å². The molecule has 0 radical (unpaired) electrons. The summed E-state index contributed by atoms with van der Waals surface area (Å²) < 4.78 is 9.59. The summed E-state index contributed by atoms with van der Waals surface area (Å²) in [5.41, 5.74) is 5.66. The highest BCUT2D eigenvalue weighted by Crippen LogP contribution is 1.99. The van der Waals surface area contributed by atoms with E-state index >= 15 is 0 Å². The van der Waals surface area contributed by atoms with Crippen LogP contribution in [0, 0.1) is 0 Å². The Morgan fingerprint density at radius 2 is 2.15 bits per heavy atom. The molecular weight excluding hydrogens is 170 g/mol. The topological polar surface area (TPSA) is 61.6 Å². The predicted octanol–water partition coefficient (Wildman–Crippen LogP) is 0.694. The van der Waals surface area contributed by atoms with E-state index in [0.29, 0.717) is 19.6 Å². The van der Waals surface area contributed by atoms with Crippen LogP contribution in [-0.2, 0) is 14.3 Å². The first-order valence-corrected chi connectivity index (χ1v) is 4.60. The van der Waals surface area contributed by atoms with E-state index in [9.17, 15) is 4.79 Å². The van der Waals surface area contributed by atoms with Gasteiger partial charge in [0, 0.05) is 13.2 Å². The fourth-order valence-electron chi connectivity index (χ4n) is 0.985. The first-order chi connectivity index (χ1) is 6.20. The molecule has 0 aromatic rings. The Hall–Kier alpha value is -0.610. The second-order valence-corrected chi connectivity index (χ2v) is 2.97. The van der Waals surface area contributed by atoms with Gasteiger partial charge in [0.15, 0.2) is 0 Å². The first kappa shape index (κ1) is 12.4. The molecule has 0 bridgehead atoms. The molecule has 0 fully saturated rings. The summed E-state index contributed by atoms with van der Waals surface area (Å²) in [5, 5.41) is 0. The highest BCUT2D eigenvalue weighted by atomic mass is 16.6. The van der Waals surface area contributed by atoms with Crippen LogP contribution in [0.3, 0.4) is 0 Å². The summed E-state index contributed by atoms with van der Waals surface area (Å²) in [4.78, 5) is 11.0. The molecule has 1 atom stereocenters. The van der Waals surface area contributed by atoms with Gasteiger partial charge in [-0.3, -0.25) is 4.79 Å². The second kappa shape index (κ2) is 8.01. The summed E-state index contributed by atoms with van der Waals surface area (Å²) in [6.45, 7) is 2.79. The molecule has 0 aliphatic rings. The zero-order chi connectivity index (χ0) is 10.1. The third kappa shape index (κ3) is 7.74. The maximum Gasteiger partial charge on any atom is 0.307 e. The maximum absolute atomic E-state index is 11.0. The van der Waals surface area contributed by atoms with Gasteiger partial charge in [0.05, 0.1) is 13.0 Å². The van der Waals surface area contributed by atoms with Crippen molar-refractivity contribution in [3.05, 3.63) is 0 Å². The normalized spacial score (nSPS) is 12.5. The molecule has 13 heavy (non-hydrogen) atoms. The Bertz CT molecular complexity index is 139. The number of ether oxygens (including phenoxy) is 2. The summed E-state index contributed by atoms with van der Waals surface area (Å²) in [7, 11) is 1.57. The molecule has 0 spiro atoms. The van der Waals surface area contributed by atoms with Crippen LogP contribution in [0.25, 0.3) is 0 Å². The van der Waals surface area contributed by atoms with Crippen molar-refractivity contribution in [2.24, 2.45) is 5.73 Å². The van der Waals surface area contributed by atoms with Gasteiger partial charge in [-0.2, -0.15) is 0 Å². The molecule has 0 heterocycles. The molecule has 0 aliphatic heterocycles. The van der Waals surface area contributed by atoms with Crippen LogP contribution in [0.15, 0.2) is 0 Å². The Labute approximate surface area is 79.4 Å². The number of carbonyl (C=O) groups is 1. The van der Waals surface area contributed by atoms with Crippen LogP contribution in [0.1, 0.15) is 26.2 Å². The largest absolute Gasteiger partial charge is 0.463 e. The monoisotopic (exact) mass is 189 g/mol. The zero-order valence-electron chi connectivity index (χ0n) is 8.41. The van der Waals surface area contributed by atoms with Crippen molar-refractivity contribution >= 4 is 5.97 Å². The zero-order valence-corrected chi connectivity index (χ0v) is 8.41. The molecule has 0 aromatic heterocycles. The molecule has 2 N–H and O–H groups in total. The van der Waals surface area contributed by atoms with E-state index in [2.05, 4.69) is 0 Å². The molecule has 0 amide bonds. The molecule has 1 unspecified atom stereocenters. The maximum atomic E-state index is 11.0. The Balaban J connectivity index is 3.38. The number of esters is 1. The van der Waals surface area contributed by atoms with Crippen LogP contribution in [0.5, 0.6) is 0 Å². The molecule has 78 valence electrons. The van der Waals surface area contributed by atoms with E-state index in [4.69, 9.17) is 15.2 Å². The van der Waals surface area contributed by atoms with E-state index in [1.807, 2.05) is 6.92 Å². The van der Waals surface area contributed by atoms with Crippen molar-refractivity contribution in [3.63, 3.8) is 0 Å². The standard InChI is InChI=1S/C9H19NO3/c1-3-4-8(10)7-9(11)13-6-5-12-2/h8H,3-7,10H2,1-2H3. The van der Waals surface area contributed by atoms with E-state index in [1.165, 1.54) is 0 Å². The number of hydrogen-bond donors (Lipinski definition) is 1. The van der Waals surface area contributed by atoms with E-state index in [1.54, 1.807) is 7.11 Å². The average molecular weight is 189 g/mol. The van der Waals surface area contributed by atoms with E-state index in [0.717, 1.165) is 12.8 Å². The van der Waals surface area contributed by atoms with Gasteiger partial charge in [0.2, 0.25) is 0 Å². The minimum absolute atomic E-state index is 0.0694. The highest BCUT2D eigenvalue weighted by Gasteiger charge is 2.09. The van der Waals surface area contributed by atoms with Crippen LogP contribution in [0.4, 0.5) is 0 Å². The average Bonchev–Trinajstić information content (AvgIpc) is 2.05. The first-order valence-electron chi connectivity index (χ1n) is 4.60. The molecule has 0 rings (SSSR count). The fraction of sp³-hybridized carbons (Fsp3) is 0.889. The van der Waals surface area contributed by atoms with Gasteiger partial charge in [0.25, 0.3) is 0 Å². The third-order valence-electron chi connectivity index (χ3n) is 1.64. The quantitative estimate of drug-likeness (QED) is 0.473. The lowest BCUT2D eigenvalue weighted by atomic mass is 10.1. The van der Waals surface area contributed by atoms with Crippen LogP contribution >= 0.6 is 0 Å². The van der Waals surface area contributed by atoms with Gasteiger partial charge in [0.1, 0.15) is 6.61 Å². The lowest BCUT2D eigenvalue weighted by Gasteiger charge is -2.09. The number of carbonyl (C=O) groups excluding carboxylic acids is 1.